The van der Waals surface area contributed by atoms with Crippen LogP contribution in [0.5, 0.6) is 0 Å². The molecule has 0 saturated heterocycles. The number of allylic oxidation sites excluding steroid dienone is 4. The summed E-state index contributed by atoms with van der Waals surface area (Å²) in [4.78, 5) is 0.146. The second-order valence-electron chi connectivity index (χ2n) is 5.80. The van der Waals surface area contributed by atoms with Crippen LogP contribution in [0.2, 0.25) is 0 Å². The highest BCUT2D eigenvalue weighted by atomic mass is 32.2. The van der Waals surface area contributed by atoms with Gasteiger partial charge in [0.25, 0.3) is 10.1 Å². The first-order valence-corrected chi connectivity index (χ1v) is 9.50. The number of aryl methyl sites for hydroxylation is 1. The summed E-state index contributed by atoms with van der Waals surface area (Å²) < 4.78 is 40.5. The van der Waals surface area contributed by atoms with Crippen molar-refractivity contribution in [2.24, 2.45) is 0 Å². The molecule has 0 unspecified atom stereocenters. The maximum atomic E-state index is 12.2. The van der Waals surface area contributed by atoms with Crippen LogP contribution in [0.25, 0.3) is 0 Å². The van der Waals surface area contributed by atoms with Gasteiger partial charge in [0.05, 0.1) is 11.5 Å². The Morgan fingerprint density at radius 3 is 2.68 bits per heavy atom. The van der Waals surface area contributed by atoms with Crippen LogP contribution >= 0.6 is 0 Å². The Bertz CT molecular complexity index is 842. The van der Waals surface area contributed by atoms with Crippen LogP contribution in [0, 0.1) is 6.92 Å². The Balaban J connectivity index is 1.54. The van der Waals surface area contributed by atoms with E-state index in [4.69, 9.17) is 13.7 Å². The van der Waals surface area contributed by atoms with Crippen molar-refractivity contribution in [1.29, 1.82) is 0 Å². The van der Waals surface area contributed by atoms with E-state index < -0.39 is 10.1 Å². The number of ether oxygens (including phenoxy) is 2. The van der Waals surface area contributed by atoms with Gasteiger partial charge in [0.1, 0.15) is 18.3 Å². The van der Waals surface area contributed by atoms with E-state index in [0.717, 1.165) is 24.0 Å². The topological polar surface area (TPSA) is 61.8 Å². The lowest BCUT2D eigenvalue weighted by Crippen LogP contribution is -2.10. The van der Waals surface area contributed by atoms with E-state index in [9.17, 15) is 8.42 Å². The van der Waals surface area contributed by atoms with Gasteiger partial charge >= 0.3 is 0 Å². The van der Waals surface area contributed by atoms with Gasteiger partial charge in [-0.1, -0.05) is 35.9 Å². The molecule has 1 heterocycles. The third-order valence-electron chi connectivity index (χ3n) is 3.84. The minimum absolute atomic E-state index is 0.0162. The van der Waals surface area contributed by atoms with Gasteiger partial charge in [-0.15, -0.1) is 0 Å². The van der Waals surface area contributed by atoms with E-state index in [1.54, 1.807) is 18.4 Å². The molecule has 0 amide bonds. The third-order valence-corrected chi connectivity index (χ3v) is 5.17. The fourth-order valence-electron chi connectivity index (χ4n) is 2.45. The summed E-state index contributed by atoms with van der Waals surface area (Å²) in [5, 5.41) is 0. The molecule has 5 nitrogen and oxygen atoms in total. The summed E-state index contributed by atoms with van der Waals surface area (Å²) >= 11 is 0. The first-order chi connectivity index (χ1) is 12.0. The molecule has 1 aromatic rings. The quantitative estimate of drug-likeness (QED) is 0.715. The number of benzene rings is 1. The van der Waals surface area contributed by atoms with Gasteiger partial charge < -0.3 is 9.47 Å². The monoisotopic (exact) mass is 360 g/mol. The lowest BCUT2D eigenvalue weighted by molar-refractivity contribution is 0.203. The van der Waals surface area contributed by atoms with Crippen molar-refractivity contribution < 1.29 is 22.1 Å². The molecule has 0 N–H and O–H groups in total. The molecule has 0 atom stereocenters. The van der Waals surface area contributed by atoms with E-state index in [2.05, 4.69) is 6.08 Å². The standard InChI is InChI=1S/C19H20O5S/c1-15-7-9-18(10-8-15)25(20,21)23-12-11-17-13-22-14-19(24-17)16-5-3-2-4-6-16/h2-3,5,7-10,13-14H,4,6,11-12H2,1H3. The Hall–Kier alpha value is -2.31. The van der Waals surface area contributed by atoms with E-state index in [-0.39, 0.29) is 11.5 Å². The normalized spacial score (nSPS) is 17.1. The molecule has 132 valence electrons. The van der Waals surface area contributed by atoms with Crippen molar-refractivity contribution in [3.63, 3.8) is 0 Å². The molecule has 0 spiro atoms. The molecular formula is C19H20O5S. The molecule has 0 aromatic heterocycles. The van der Waals surface area contributed by atoms with Crippen molar-refractivity contribution in [2.75, 3.05) is 6.61 Å². The first-order valence-electron chi connectivity index (χ1n) is 8.09. The molecule has 1 aliphatic heterocycles. The van der Waals surface area contributed by atoms with E-state index >= 15 is 0 Å². The summed E-state index contributed by atoms with van der Waals surface area (Å²) in [6.45, 7) is 1.88. The predicted octanol–water partition coefficient (Wildman–Crippen LogP) is 4.10. The lowest BCUT2D eigenvalue weighted by Gasteiger charge is -2.19. The minimum Gasteiger partial charge on any atom is -0.465 e. The van der Waals surface area contributed by atoms with Gasteiger partial charge in [-0.2, -0.15) is 8.42 Å². The highest BCUT2D eigenvalue weighted by molar-refractivity contribution is 7.86. The maximum absolute atomic E-state index is 12.2. The van der Waals surface area contributed by atoms with Gasteiger partial charge in [0, 0.05) is 6.42 Å². The van der Waals surface area contributed by atoms with Crippen LogP contribution in [-0.4, -0.2) is 15.0 Å². The van der Waals surface area contributed by atoms with Gasteiger partial charge in [-0.25, -0.2) is 0 Å². The summed E-state index contributed by atoms with van der Waals surface area (Å²) in [5.41, 5.74) is 2.05. The molecular weight excluding hydrogens is 340 g/mol. The Morgan fingerprint density at radius 2 is 1.96 bits per heavy atom. The zero-order chi connectivity index (χ0) is 17.7. The second-order valence-corrected chi connectivity index (χ2v) is 7.42. The van der Waals surface area contributed by atoms with E-state index in [1.165, 1.54) is 18.4 Å². The second kappa shape index (κ2) is 7.72. The van der Waals surface area contributed by atoms with Gasteiger partial charge in [0.15, 0.2) is 5.76 Å². The predicted molar refractivity (Wildman–Crippen MR) is 93.7 cm³/mol. The molecule has 0 radical (unpaired) electrons. The van der Waals surface area contributed by atoms with Crippen LogP contribution in [0.15, 0.2) is 77.0 Å². The average Bonchev–Trinajstić information content (AvgIpc) is 2.63. The number of rotatable bonds is 6. The van der Waals surface area contributed by atoms with Crippen LogP contribution in [-0.2, 0) is 23.8 Å². The van der Waals surface area contributed by atoms with Crippen LogP contribution in [0.1, 0.15) is 24.8 Å². The molecule has 0 bridgehead atoms. The van der Waals surface area contributed by atoms with Crippen molar-refractivity contribution in [1.82, 2.24) is 0 Å². The fraction of sp³-hybridized carbons (Fsp3) is 0.263. The van der Waals surface area contributed by atoms with Crippen LogP contribution in [0.4, 0.5) is 0 Å². The van der Waals surface area contributed by atoms with Gasteiger partial charge in [0.2, 0.25) is 0 Å². The highest BCUT2D eigenvalue weighted by Crippen LogP contribution is 2.27. The zero-order valence-corrected chi connectivity index (χ0v) is 14.8. The molecule has 1 aromatic carbocycles. The summed E-state index contributed by atoms with van der Waals surface area (Å²) in [5.74, 6) is 1.19. The fourth-order valence-corrected chi connectivity index (χ4v) is 3.35. The Morgan fingerprint density at radius 1 is 1.16 bits per heavy atom. The van der Waals surface area contributed by atoms with Gasteiger partial charge in [-0.3, -0.25) is 4.18 Å². The third kappa shape index (κ3) is 4.61. The van der Waals surface area contributed by atoms with Crippen molar-refractivity contribution in [3.05, 3.63) is 77.7 Å². The lowest BCUT2D eigenvalue weighted by atomic mass is 10.0. The molecule has 1 aliphatic carbocycles. The largest absolute Gasteiger partial charge is 0.465 e. The SMILES string of the molecule is Cc1ccc(S(=O)(=O)OCCC2=COC=C(C3=CC=CCC3)O2)cc1. The molecule has 3 rings (SSSR count). The van der Waals surface area contributed by atoms with Crippen molar-refractivity contribution in [2.45, 2.75) is 31.1 Å². The molecule has 2 aliphatic rings. The molecule has 6 heteroatoms. The molecule has 0 saturated carbocycles. The summed E-state index contributed by atoms with van der Waals surface area (Å²) in [6, 6.07) is 6.54. The zero-order valence-electron chi connectivity index (χ0n) is 14.0. The maximum Gasteiger partial charge on any atom is 0.296 e. The molecule has 25 heavy (non-hydrogen) atoms. The number of hydrogen-bond acceptors (Lipinski definition) is 5. The number of hydrogen-bond donors (Lipinski definition) is 0. The minimum atomic E-state index is -3.77. The Labute approximate surface area is 148 Å². The Kier molecular flexibility index (Phi) is 5.40. The highest BCUT2D eigenvalue weighted by Gasteiger charge is 2.18. The molecule has 0 fully saturated rings. The first kappa shape index (κ1) is 17.5. The smallest absolute Gasteiger partial charge is 0.296 e. The van der Waals surface area contributed by atoms with Crippen LogP contribution in [0.3, 0.4) is 0 Å². The van der Waals surface area contributed by atoms with E-state index in [0.29, 0.717) is 17.9 Å². The van der Waals surface area contributed by atoms with Crippen LogP contribution < -0.4 is 0 Å². The van der Waals surface area contributed by atoms with Crippen molar-refractivity contribution in [3.8, 4) is 0 Å². The van der Waals surface area contributed by atoms with Crippen molar-refractivity contribution >= 4 is 10.1 Å². The summed E-state index contributed by atoms with van der Waals surface area (Å²) in [7, 11) is -3.77. The van der Waals surface area contributed by atoms with E-state index in [1.807, 2.05) is 19.1 Å². The summed E-state index contributed by atoms with van der Waals surface area (Å²) in [6.07, 6.45) is 11.2. The average molecular weight is 360 g/mol. The van der Waals surface area contributed by atoms with Gasteiger partial charge in [-0.05, 0) is 37.5 Å².